The molecule has 4 N–H and O–H groups in total. The van der Waals surface area contributed by atoms with Gasteiger partial charge >= 0.3 is 5.97 Å². The van der Waals surface area contributed by atoms with Crippen molar-refractivity contribution in [1.29, 1.82) is 0 Å². The Hall–Kier alpha value is -1.77. The SMILES string of the molecule is O=C1CNC(=O)C(CS)NC(=O)CCC(C(=O)O)N1. The van der Waals surface area contributed by atoms with Crippen LogP contribution in [-0.2, 0) is 19.2 Å². The summed E-state index contributed by atoms with van der Waals surface area (Å²) in [6.07, 6.45) is -0.144. The van der Waals surface area contributed by atoms with E-state index >= 15 is 0 Å². The van der Waals surface area contributed by atoms with E-state index in [4.69, 9.17) is 5.11 Å². The first-order valence-electron chi connectivity index (χ1n) is 5.64. The summed E-state index contributed by atoms with van der Waals surface area (Å²) < 4.78 is 0. The molecule has 0 saturated carbocycles. The molecule has 2 atom stereocenters. The summed E-state index contributed by atoms with van der Waals surface area (Å²) in [7, 11) is 0. The highest BCUT2D eigenvalue weighted by molar-refractivity contribution is 7.80. The van der Waals surface area contributed by atoms with Crippen molar-refractivity contribution in [2.24, 2.45) is 0 Å². The Morgan fingerprint density at radius 2 is 1.95 bits per heavy atom. The van der Waals surface area contributed by atoms with Gasteiger partial charge in [0.25, 0.3) is 0 Å². The van der Waals surface area contributed by atoms with E-state index in [1.807, 2.05) is 0 Å². The lowest BCUT2D eigenvalue weighted by Crippen LogP contribution is -2.49. The zero-order chi connectivity index (χ0) is 14.4. The lowest BCUT2D eigenvalue weighted by molar-refractivity contribution is -0.142. The van der Waals surface area contributed by atoms with Crippen LogP contribution in [0.2, 0.25) is 0 Å². The predicted octanol–water partition coefficient (Wildman–Crippen LogP) is -2.12. The van der Waals surface area contributed by atoms with Crippen LogP contribution in [0.5, 0.6) is 0 Å². The molecule has 1 aliphatic heterocycles. The minimum absolute atomic E-state index is 0.0413. The van der Waals surface area contributed by atoms with Gasteiger partial charge in [-0.1, -0.05) is 0 Å². The maximum Gasteiger partial charge on any atom is 0.326 e. The minimum Gasteiger partial charge on any atom is -0.480 e. The molecular formula is C10H15N3O5S. The molecule has 9 heteroatoms. The van der Waals surface area contributed by atoms with Crippen molar-refractivity contribution in [3.8, 4) is 0 Å². The van der Waals surface area contributed by atoms with Gasteiger partial charge in [0.05, 0.1) is 6.54 Å². The maximum atomic E-state index is 11.6. The quantitative estimate of drug-likeness (QED) is 0.372. The van der Waals surface area contributed by atoms with E-state index in [0.717, 1.165) is 0 Å². The van der Waals surface area contributed by atoms with Gasteiger partial charge in [-0.05, 0) is 6.42 Å². The molecule has 0 aromatic rings. The second-order valence-corrected chi connectivity index (χ2v) is 4.38. The number of aliphatic carboxylic acids is 1. The van der Waals surface area contributed by atoms with Crippen LogP contribution in [0, 0.1) is 0 Å². The minimum atomic E-state index is -1.22. The number of amides is 3. The molecule has 2 unspecified atom stereocenters. The molecule has 1 heterocycles. The number of hydrogen-bond donors (Lipinski definition) is 5. The van der Waals surface area contributed by atoms with Crippen molar-refractivity contribution in [2.75, 3.05) is 12.3 Å². The number of carbonyl (C=O) groups excluding carboxylic acids is 3. The van der Waals surface area contributed by atoms with E-state index in [0.29, 0.717) is 0 Å². The van der Waals surface area contributed by atoms with Gasteiger partial charge in [-0.25, -0.2) is 4.79 Å². The van der Waals surface area contributed by atoms with E-state index in [9.17, 15) is 19.2 Å². The van der Waals surface area contributed by atoms with Crippen LogP contribution in [0.25, 0.3) is 0 Å². The molecule has 0 spiro atoms. The van der Waals surface area contributed by atoms with E-state index in [2.05, 4.69) is 28.6 Å². The number of carboxylic acids is 1. The molecule has 1 saturated heterocycles. The molecule has 0 bridgehead atoms. The molecule has 0 radical (unpaired) electrons. The third-order valence-electron chi connectivity index (χ3n) is 2.55. The molecule has 1 aliphatic rings. The van der Waals surface area contributed by atoms with Crippen molar-refractivity contribution >= 4 is 36.3 Å². The van der Waals surface area contributed by atoms with Gasteiger partial charge in [0.15, 0.2) is 0 Å². The summed E-state index contributed by atoms with van der Waals surface area (Å²) in [6.45, 7) is -0.344. The molecule has 0 aromatic carbocycles. The van der Waals surface area contributed by atoms with Gasteiger partial charge in [0.2, 0.25) is 17.7 Å². The van der Waals surface area contributed by atoms with Crippen molar-refractivity contribution in [3.63, 3.8) is 0 Å². The highest BCUT2D eigenvalue weighted by Gasteiger charge is 2.25. The number of carbonyl (C=O) groups is 4. The monoisotopic (exact) mass is 289 g/mol. The first kappa shape index (κ1) is 15.3. The number of carboxylic acid groups (broad SMARTS) is 1. The van der Waals surface area contributed by atoms with Crippen LogP contribution in [0.3, 0.4) is 0 Å². The first-order chi connectivity index (χ1) is 8.93. The number of nitrogens with one attached hydrogen (secondary N) is 3. The fourth-order valence-corrected chi connectivity index (χ4v) is 1.79. The first-order valence-corrected chi connectivity index (χ1v) is 6.27. The summed E-state index contributed by atoms with van der Waals surface area (Å²) in [6, 6.07) is -1.99. The summed E-state index contributed by atoms with van der Waals surface area (Å²) in [5.74, 6) is -2.75. The maximum absolute atomic E-state index is 11.6. The normalized spacial score (nSPS) is 25.6. The van der Waals surface area contributed by atoms with Crippen LogP contribution in [0.4, 0.5) is 0 Å². The predicted molar refractivity (Wildman–Crippen MR) is 67.6 cm³/mol. The summed E-state index contributed by atoms with van der Waals surface area (Å²) in [5, 5.41) is 15.9. The summed E-state index contributed by atoms with van der Waals surface area (Å²) in [4.78, 5) is 45.5. The standard InChI is InChI=1S/C10H15N3O5S/c14-7-2-1-5(10(17)18)12-8(15)3-11-9(16)6(4-19)13-7/h5-6,19H,1-4H2,(H,11,16)(H,12,15)(H,13,14)(H,17,18). The third kappa shape index (κ3) is 4.78. The molecule has 19 heavy (non-hydrogen) atoms. The average Bonchev–Trinajstić information content (AvgIpc) is 2.38. The molecule has 0 aliphatic carbocycles. The lowest BCUT2D eigenvalue weighted by atomic mass is 10.1. The summed E-state index contributed by atoms with van der Waals surface area (Å²) in [5.41, 5.74) is 0. The topological polar surface area (TPSA) is 125 Å². The van der Waals surface area contributed by atoms with Gasteiger partial charge in [-0.3, -0.25) is 14.4 Å². The molecule has 8 nitrogen and oxygen atoms in total. The van der Waals surface area contributed by atoms with Crippen molar-refractivity contribution in [2.45, 2.75) is 24.9 Å². The Kier molecular flexibility index (Phi) is 5.61. The Balaban J connectivity index is 2.80. The van der Waals surface area contributed by atoms with Crippen LogP contribution in [-0.4, -0.2) is 53.2 Å². The van der Waals surface area contributed by atoms with Gasteiger partial charge in [-0.15, -0.1) is 0 Å². The lowest BCUT2D eigenvalue weighted by Gasteiger charge is -2.15. The molecule has 1 fully saturated rings. The fourth-order valence-electron chi connectivity index (χ4n) is 1.53. The highest BCUT2D eigenvalue weighted by Crippen LogP contribution is 2.01. The van der Waals surface area contributed by atoms with E-state index < -0.39 is 35.8 Å². The zero-order valence-corrected chi connectivity index (χ0v) is 10.9. The zero-order valence-electron chi connectivity index (χ0n) is 10.0. The fraction of sp³-hybridized carbons (Fsp3) is 0.600. The Morgan fingerprint density at radius 3 is 2.53 bits per heavy atom. The van der Waals surface area contributed by atoms with Crippen LogP contribution >= 0.6 is 12.6 Å². The van der Waals surface area contributed by atoms with E-state index in [1.54, 1.807) is 0 Å². The van der Waals surface area contributed by atoms with Crippen molar-refractivity contribution in [1.82, 2.24) is 16.0 Å². The van der Waals surface area contributed by atoms with E-state index in [-0.39, 0.29) is 25.1 Å². The Bertz CT molecular complexity index is 401. The molecule has 3 amide bonds. The summed E-state index contributed by atoms with van der Waals surface area (Å²) >= 11 is 3.94. The largest absolute Gasteiger partial charge is 0.480 e. The van der Waals surface area contributed by atoms with Crippen LogP contribution in [0.15, 0.2) is 0 Å². The van der Waals surface area contributed by atoms with Gasteiger partial charge in [0.1, 0.15) is 12.1 Å². The Morgan fingerprint density at radius 1 is 1.26 bits per heavy atom. The highest BCUT2D eigenvalue weighted by atomic mass is 32.1. The number of thiol groups is 1. The van der Waals surface area contributed by atoms with Crippen LogP contribution in [0.1, 0.15) is 12.8 Å². The van der Waals surface area contributed by atoms with Crippen molar-refractivity contribution in [3.05, 3.63) is 0 Å². The molecule has 106 valence electrons. The van der Waals surface area contributed by atoms with Crippen molar-refractivity contribution < 1.29 is 24.3 Å². The van der Waals surface area contributed by atoms with Gasteiger partial charge in [-0.2, -0.15) is 12.6 Å². The van der Waals surface area contributed by atoms with Gasteiger partial charge in [0, 0.05) is 12.2 Å². The smallest absolute Gasteiger partial charge is 0.326 e. The second-order valence-electron chi connectivity index (χ2n) is 4.02. The van der Waals surface area contributed by atoms with E-state index in [1.165, 1.54) is 0 Å². The van der Waals surface area contributed by atoms with Gasteiger partial charge < -0.3 is 21.1 Å². The van der Waals surface area contributed by atoms with Crippen LogP contribution < -0.4 is 16.0 Å². The number of hydrogen-bond acceptors (Lipinski definition) is 5. The average molecular weight is 289 g/mol. The molecule has 0 aromatic heterocycles. The Labute approximate surface area is 114 Å². The molecular weight excluding hydrogens is 274 g/mol. The second kappa shape index (κ2) is 6.98. The molecule has 1 rings (SSSR count). The number of rotatable bonds is 2. The third-order valence-corrected chi connectivity index (χ3v) is 2.92.